The van der Waals surface area contributed by atoms with E-state index < -0.39 is 24.3 Å². The first-order valence-corrected chi connectivity index (χ1v) is 9.85. The van der Waals surface area contributed by atoms with Crippen molar-refractivity contribution in [2.75, 3.05) is 0 Å². The third-order valence-corrected chi connectivity index (χ3v) is 4.79. The summed E-state index contributed by atoms with van der Waals surface area (Å²) in [5.41, 5.74) is 0. The molecule has 0 amide bonds. The van der Waals surface area contributed by atoms with E-state index in [0.717, 1.165) is 12.8 Å². The van der Waals surface area contributed by atoms with E-state index in [2.05, 4.69) is 25.2 Å². The number of carboxylic acid groups (broad SMARTS) is 1. The number of carbonyl (C=O) groups is 1. The van der Waals surface area contributed by atoms with Gasteiger partial charge in [0, 0.05) is 18.8 Å². The lowest BCUT2D eigenvalue weighted by Crippen LogP contribution is -2.20. The van der Waals surface area contributed by atoms with Gasteiger partial charge in [0.25, 0.3) is 0 Å². The summed E-state index contributed by atoms with van der Waals surface area (Å²) >= 11 is 0. The molecular formula is C22H34O5. The third kappa shape index (κ3) is 9.70. The Balaban J connectivity index is 2.49. The average molecular weight is 379 g/mol. The monoisotopic (exact) mass is 378 g/mol. The van der Waals surface area contributed by atoms with Gasteiger partial charge >= 0.3 is 5.97 Å². The van der Waals surface area contributed by atoms with Gasteiger partial charge < -0.3 is 20.4 Å². The first-order chi connectivity index (χ1) is 13.0. The van der Waals surface area contributed by atoms with Crippen molar-refractivity contribution in [3.63, 3.8) is 0 Å². The van der Waals surface area contributed by atoms with Crippen LogP contribution in [0.2, 0.25) is 0 Å². The Bertz CT molecular complexity index is 535. The largest absolute Gasteiger partial charge is 0.481 e. The van der Waals surface area contributed by atoms with E-state index in [9.17, 15) is 20.1 Å². The molecule has 0 heterocycles. The lowest BCUT2D eigenvalue weighted by atomic mass is 9.89. The standard InChI is InChI=1S/C22H34O5/c1-2-3-4-5-6-9-12-18-19(21(25)16-20(18)24)15-14-17(23)11-8-7-10-13-22(26)27/h3-4,6-9,14-15,17-21,23-25H,2,5,10-13,16H2,1H3,(H,26,27)/b4-3-,8-7-,9-6-,15-14+/t17-,18-,19-,20+,21-/m0/s1. The van der Waals surface area contributed by atoms with Gasteiger partial charge in [-0.05, 0) is 38.0 Å². The lowest BCUT2D eigenvalue weighted by molar-refractivity contribution is -0.136. The predicted octanol–water partition coefficient (Wildman–Crippen LogP) is 3.38. The van der Waals surface area contributed by atoms with Crippen molar-refractivity contribution in [1.29, 1.82) is 0 Å². The minimum atomic E-state index is -0.838. The Labute approximate surface area is 162 Å². The van der Waals surface area contributed by atoms with Gasteiger partial charge in [0.15, 0.2) is 0 Å². The number of carboxylic acids is 1. The van der Waals surface area contributed by atoms with Crippen molar-refractivity contribution in [2.24, 2.45) is 11.8 Å². The van der Waals surface area contributed by atoms with Crippen molar-refractivity contribution in [1.82, 2.24) is 0 Å². The zero-order valence-corrected chi connectivity index (χ0v) is 16.2. The van der Waals surface area contributed by atoms with Crippen LogP contribution in [0.3, 0.4) is 0 Å². The molecule has 1 fully saturated rings. The molecule has 5 nitrogen and oxygen atoms in total. The van der Waals surface area contributed by atoms with Gasteiger partial charge in [0.2, 0.25) is 0 Å². The van der Waals surface area contributed by atoms with Gasteiger partial charge in [-0.1, -0.05) is 55.5 Å². The number of allylic oxidation sites excluding steroid dienone is 5. The first-order valence-electron chi connectivity index (χ1n) is 9.85. The fourth-order valence-electron chi connectivity index (χ4n) is 3.29. The number of aliphatic hydroxyl groups is 3. The van der Waals surface area contributed by atoms with Gasteiger partial charge in [0.1, 0.15) is 0 Å². The second-order valence-corrected chi connectivity index (χ2v) is 7.03. The Kier molecular flexibility index (Phi) is 11.7. The zero-order valence-electron chi connectivity index (χ0n) is 16.2. The van der Waals surface area contributed by atoms with Crippen molar-refractivity contribution in [3.05, 3.63) is 48.6 Å². The van der Waals surface area contributed by atoms with Gasteiger partial charge in [0.05, 0.1) is 18.3 Å². The molecule has 0 radical (unpaired) electrons. The van der Waals surface area contributed by atoms with Crippen molar-refractivity contribution < 1.29 is 25.2 Å². The summed E-state index contributed by atoms with van der Waals surface area (Å²) in [6, 6.07) is 0. The molecule has 0 aliphatic heterocycles. The van der Waals surface area contributed by atoms with Crippen LogP contribution in [0.4, 0.5) is 0 Å². The van der Waals surface area contributed by atoms with Crippen molar-refractivity contribution in [3.8, 4) is 0 Å². The Hall–Kier alpha value is -1.69. The van der Waals surface area contributed by atoms with Crippen LogP contribution in [-0.4, -0.2) is 44.7 Å². The summed E-state index contributed by atoms with van der Waals surface area (Å²) in [7, 11) is 0. The molecule has 0 unspecified atom stereocenters. The maximum atomic E-state index is 10.4. The van der Waals surface area contributed by atoms with Crippen LogP contribution < -0.4 is 0 Å². The van der Waals surface area contributed by atoms with E-state index in [0.29, 0.717) is 25.7 Å². The summed E-state index contributed by atoms with van der Waals surface area (Å²) in [6.45, 7) is 2.09. The molecule has 5 heteroatoms. The van der Waals surface area contributed by atoms with Crippen LogP contribution in [0.5, 0.6) is 0 Å². The lowest BCUT2D eigenvalue weighted by Gasteiger charge is -2.19. The summed E-state index contributed by atoms with van der Waals surface area (Å²) in [5, 5.41) is 39.0. The first kappa shape index (κ1) is 23.3. The molecule has 0 saturated heterocycles. The second-order valence-electron chi connectivity index (χ2n) is 7.03. The van der Waals surface area contributed by atoms with Gasteiger partial charge in [-0.3, -0.25) is 4.79 Å². The van der Waals surface area contributed by atoms with Crippen LogP contribution >= 0.6 is 0 Å². The molecule has 1 aliphatic carbocycles. The van der Waals surface area contributed by atoms with Crippen LogP contribution in [0.25, 0.3) is 0 Å². The molecule has 1 saturated carbocycles. The molecule has 5 atom stereocenters. The van der Waals surface area contributed by atoms with Gasteiger partial charge in [-0.2, -0.15) is 0 Å². The normalized spacial score (nSPS) is 27.6. The average Bonchev–Trinajstić information content (AvgIpc) is 2.88. The molecule has 0 aromatic heterocycles. The summed E-state index contributed by atoms with van der Waals surface area (Å²) in [6.07, 6.45) is 17.4. The molecule has 1 aliphatic rings. The maximum absolute atomic E-state index is 10.4. The highest BCUT2D eigenvalue weighted by molar-refractivity contribution is 5.66. The highest BCUT2D eigenvalue weighted by Crippen LogP contribution is 2.36. The Morgan fingerprint density at radius 3 is 2.52 bits per heavy atom. The summed E-state index contributed by atoms with van der Waals surface area (Å²) in [5.74, 6) is -1.07. The fraction of sp³-hybridized carbons (Fsp3) is 0.591. The van der Waals surface area contributed by atoms with E-state index in [1.807, 2.05) is 12.2 Å². The molecular weight excluding hydrogens is 344 g/mol. The quantitative estimate of drug-likeness (QED) is 0.390. The maximum Gasteiger partial charge on any atom is 0.303 e. The van der Waals surface area contributed by atoms with E-state index in [1.165, 1.54) is 0 Å². The predicted molar refractivity (Wildman–Crippen MR) is 107 cm³/mol. The van der Waals surface area contributed by atoms with Crippen LogP contribution in [0.1, 0.15) is 51.9 Å². The van der Waals surface area contributed by atoms with Crippen LogP contribution in [0.15, 0.2) is 48.6 Å². The highest BCUT2D eigenvalue weighted by atomic mass is 16.4. The van der Waals surface area contributed by atoms with Gasteiger partial charge in [-0.25, -0.2) is 0 Å². The fourth-order valence-corrected chi connectivity index (χ4v) is 3.29. The SMILES string of the molecule is CC/C=C\C/C=C\C[C@H]1[C@H](/C=C/[C@@H](O)C/C=C\CCC(=O)O)[C@@H](O)C[C@H]1O. The molecule has 0 aromatic carbocycles. The minimum Gasteiger partial charge on any atom is -0.481 e. The number of aliphatic hydroxyl groups excluding tert-OH is 3. The molecule has 1 rings (SSSR count). The minimum absolute atomic E-state index is 0.0547. The second kappa shape index (κ2) is 13.5. The topological polar surface area (TPSA) is 98.0 Å². The summed E-state index contributed by atoms with van der Waals surface area (Å²) in [4.78, 5) is 10.4. The Morgan fingerprint density at radius 2 is 1.81 bits per heavy atom. The number of aliphatic carboxylic acids is 1. The Morgan fingerprint density at radius 1 is 1.07 bits per heavy atom. The molecule has 0 bridgehead atoms. The van der Waals surface area contributed by atoms with Gasteiger partial charge in [-0.15, -0.1) is 0 Å². The molecule has 0 spiro atoms. The molecule has 27 heavy (non-hydrogen) atoms. The smallest absolute Gasteiger partial charge is 0.303 e. The van der Waals surface area contributed by atoms with Crippen LogP contribution in [-0.2, 0) is 4.79 Å². The van der Waals surface area contributed by atoms with E-state index >= 15 is 0 Å². The molecule has 0 aromatic rings. The van der Waals surface area contributed by atoms with Crippen LogP contribution in [0, 0.1) is 11.8 Å². The van der Waals surface area contributed by atoms with E-state index in [4.69, 9.17) is 5.11 Å². The van der Waals surface area contributed by atoms with E-state index in [1.54, 1.807) is 18.2 Å². The van der Waals surface area contributed by atoms with E-state index in [-0.39, 0.29) is 18.3 Å². The molecule has 152 valence electrons. The number of rotatable bonds is 12. The zero-order chi connectivity index (χ0) is 20.1. The highest BCUT2D eigenvalue weighted by Gasteiger charge is 2.39. The number of hydrogen-bond donors (Lipinski definition) is 4. The third-order valence-electron chi connectivity index (χ3n) is 4.79. The number of hydrogen-bond acceptors (Lipinski definition) is 4. The van der Waals surface area contributed by atoms with Crippen molar-refractivity contribution in [2.45, 2.75) is 70.2 Å². The molecule has 4 N–H and O–H groups in total. The summed E-state index contributed by atoms with van der Waals surface area (Å²) < 4.78 is 0. The van der Waals surface area contributed by atoms with Crippen molar-refractivity contribution >= 4 is 5.97 Å².